The van der Waals surface area contributed by atoms with Crippen LogP contribution in [0.25, 0.3) is 0 Å². The monoisotopic (exact) mass is 230 g/mol. The van der Waals surface area contributed by atoms with Gasteiger partial charge in [-0.25, -0.2) is 4.79 Å². The molecular weight excluding hydrogens is 216 g/mol. The maximum absolute atomic E-state index is 11.8. The molecule has 0 radical (unpaired) electrons. The van der Waals surface area contributed by atoms with Gasteiger partial charge in [-0.3, -0.25) is 4.79 Å². The highest BCUT2D eigenvalue weighted by Crippen LogP contribution is 2.34. The number of amides is 1. The van der Waals surface area contributed by atoms with Gasteiger partial charge in [0.15, 0.2) is 0 Å². The molecule has 2 aliphatic heterocycles. The second-order valence-electron chi connectivity index (χ2n) is 4.15. The first-order valence-electron chi connectivity index (χ1n) is 5.01. The zero-order chi connectivity index (χ0) is 11.2. The molecule has 2 aliphatic rings. The van der Waals surface area contributed by atoms with E-state index < -0.39 is 18.1 Å². The molecule has 0 aliphatic carbocycles. The molecule has 0 aromatic heterocycles. The first kappa shape index (κ1) is 10.8. The number of rotatable bonds is 1. The third kappa shape index (κ3) is 1.61. The summed E-state index contributed by atoms with van der Waals surface area (Å²) in [5.41, 5.74) is 5.65. The van der Waals surface area contributed by atoms with Crippen LogP contribution in [-0.4, -0.2) is 45.3 Å². The van der Waals surface area contributed by atoms with Crippen molar-refractivity contribution in [3.8, 4) is 0 Å². The van der Waals surface area contributed by atoms with Gasteiger partial charge >= 0.3 is 5.97 Å². The van der Waals surface area contributed by atoms with Gasteiger partial charge in [-0.05, 0) is 19.3 Å². The molecule has 2 unspecified atom stereocenters. The lowest BCUT2D eigenvalue weighted by Gasteiger charge is -2.38. The molecule has 3 N–H and O–H groups in total. The second kappa shape index (κ2) is 3.68. The van der Waals surface area contributed by atoms with E-state index in [1.807, 2.05) is 0 Å². The highest BCUT2D eigenvalue weighted by molar-refractivity contribution is 7.81. The fourth-order valence-electron chi connectivity index (χ4n) is 2.48. The van der Waals surface area contributed by atoms with E-state index in [0.717, 1.165) is 0 Å². The number of fused-ring (bicyclic) bond motifs is 1. The molecule has 0 bridgehead atoms. The highest BCUT2D eigenvalue weighted by atomic mass is 32.1. The molecule has 2 heterocycles. The van der Waals surface area contributed by atoms with Crippen LogP contribution in [0.3, 0.4) is 0 Å². The van der Waals surface area contributed by atoms with Crippen LogP contribution >= 0.6 is 12.6 Å². The Morgan fingerprint density at radius 3 is 2.80 bits per heavy atom. The van der Waals surface area contributed by atoms with Crippen LogP contribution in [0.1, 0.15) is 19.3 Å². The van der Waals surface area contributed by atoms with Gasteiger partial charge in [0.05, 0.1) is 6.04 Å². The summed E-state index contributed by atoms with van der Waals surface area (Å²) in [5, 5.41) is 8.98. The number of carboxylic acids is 1. The molecule has 2 fully saturated rings. The Kier molecular flexibility index (Phi) is 2.64. The molecule has 4 atom stereocenters. The number of hydrogen-bond acceptors (Lipinski definition) is 4. The van der Waals surface area contributed by atoms with Crippen LogP contribution in [0.15, 0.2) is 0 Å². The predicted octanol–water partition coefficient (Wildman–Crippen LogP) is -0.540. The number of nitrogens with zero attached hydrogens (tertiary/aromatic N) is 1. The number of hydrogen-bond donors (Lipinski definition) is 3. The third-order valence-corrected chi connectivity index (χ3v) is 3.78. The van der Waals surface area contributed by atoms with E-state index in [0.29, 0.717) is 19.3 Å². The van der Waals surface area contributed by atoms with E-state index in [4.69, 9.17) is 10.8 Å². The minimum absolute atomic E-state index is 0.00190. The van der Waals surface area contributed by atoms with Crippen LogP contribution in [0.2, 0.25) is 0 Å². The number of carboxylic acid groups (broad SMARTS) is 1. The molecule has 2 saturated heterocycles. The van der Waals surface area contributed by atoms with E-state index in [9.17, 15) is 9.59 Å². The van der Waals surface area contributed by atoms with Crippen molar-refractivity contribution in [2.45, 2.75) is 42.6 Å². The van der Waals surface area contributed by atoms with Crippen LogP contribution < -0.4 is 5.73 Å². The zero-order valence-corrected chi connectivity index (χ0v) is 9.06. The first-order chi connectivity index (χ1) is 7.02. The standard InChI is InChI=1S/C9H14N2O3S/c10-4-3-7(15)5-1-2-6(9(13)14)11(5)8(4)12/h4-7,15H,1-3,10H2,(H,13,14)/t4-,5?,6-,7?/m0/s1. The summed E-state index contributed by atoms with van der Waals surface area (Å²) in [6.45, 7) is 0. The molecule has 0 aromatic rings. The Bertz CT molecular complexity index is 310. The molecule has 84 valence electrons. The normalized spacial score (nSPS) is 40.4. The van der Waals surface area contributed by atoms with Gasteiger partial charge in [-0.1, -0.05) is 0 Å². The highest BCUT2D eigenvalue weighted by Gasteiger charge is 2.48. The van der Waals surface area contributed by atoms with Crippen molar-refractivity contribution in [3.63, 3.8) is 0 Å². The number of carbonyl (C=O) groups is 2. The van der Waals surface area contributed by atoms with E-state index in [-0.39, 0.29) is 17.2 Å². The van der Waals surface area contributed by atoms with Crippen molar-refractivity contribution in [1.82, 2.24) is 4.90 Å². The van der Waals surface area contributed by atoms with Crippen molar-refractivity contribution < 1.29 is 14.7 Å². The van der Waals surface area contributed by atoms with Crippen molar-refractivity contribution in [2.24, 2.45) is 5.73 Å². The van der Waals surface area contributed by atoms with E-state index >= 15 is 0 Å². The van der Waals surface area contributed by atoms with Gasteiger partial charge in [0, 0.05) is 11.3 Å². The zero-order valence-electron chi connectivity index (χ0n) is 8.17. The quantitative estimate of drug-likeness (QED) is 0.528. The molecule has 0 spiro atoms. The maximum Gasteiger partial charge on any atom is 0.326 e. The number of thiol groups is 1. The second-order valence-corrected chi connectivity index (χ2v) is 4.82. The molecular formula is C9H14N2O3S. The Morgan fingerprint density at radius 1 is 1.53 bits per heavy atom. The summed E-state index contributed by atoms with van der Waals surface area (Å²) < 4.78 is 0. The van der Waals surface area contributed by atoms with E-state index in [2.05, 4.69) is 12.6 Å². The van der Waals surface area contributed by atoms with Crippen molar-refractivity contribution in [1.29, 1.82) is 0 Å². The number of carbonyl (C=O) groups excluding carboxylic acids is 1. The maximum atomic E-state index is 11.8. The molecule has 6 heteroatoms. The topological polar surface area (TPSA) is 83.6 Å². The van der Waals surface area contributed by atoms with Gasteiger partial charge in [0.25, 0.3) is 0 Å². The third-order valence-electron chi connectivity index (χ3n) is 3.23. The number of piperidine rings is 1. The summed E-state index contributed by atoms with van der Waals surface area (Å²) in [6, 6.07) is -1.35. The summed E-state index contributed by atoms with van der Waals surface area (Å²) in [5.74, 6) is -1.18. The van der Waals surface area contributed by atoms with Gasteiger partial charge in [0.2, 0.25) is 5.91 Å². The Morgan fingerprint density at radius 2 is 2.20 bits per heavy atom. The number of nitrogens with two attached hydrogens (primary N) is 1. The first-order valence-corrected chi connectivity index (χ1v) is 5.52. The van der Waals surface area contributed by atoms with Crippen molar-refractivity contribution in [2.75, 3.05) is 0 Å². The van der Waals surface area contributed by atoms with E-state index in [1.165, 1.54) is 4.90 Å². The van der Waals surface area contributed by atoms with Crippen LogP contribution in [0, 0.1) is 0 Å². The Labute approximate surface area is 93.0 Å². The largest absolute Gasteiger partial charge is 0.480 e. The van der Waals surface area contributed by atoms with Gasteiger partial charge < -0.3 is 15.7 Å². The molecule has 5 nitrogen and oxygen atoms in total. The lowest BCUT2D eigenvalue weighted by Crippen LogP contribution is -2.59. The lowest BCUT2D eigenvalue weighted by molar-refractivity contribution is -0.151. The fraction of sp³-hybridized carbons (Fsp3) is 0.778. The molecule has 15 heavy (non-hydrogen) atoms. The molecule has 2 rings (SSSR count). The summed E-state index contributed by atoms with van der Waals surface area (Å²) in [7, 11) is 0. The average Bonchev–Trinajstić information content (AvgIpc) is 2.58. The minimum Gasteiger partial charge on any atom is -0.480 e. The summed E-state index contributed by atoms with van der Waals surface area (Å²) in [6.07, 6.45) is 1.76. The van der Waals surface area contributed by atoms with Crippen LogP contribution in [-0.2, 0) is 9.59 Å². The predicted molar refractivity (Wildman–Crippen MR) is 56.7 cm³/mol. The van der Waals surface area contributed by atoms with Crippen molar-refractivity contribution >= 4 is 24.5 Å². The Balaban J connectivity index is 2.26. The molecule has 0 saturated carbocycles. The summed E-state index contributed by atoms with van der Waals surface area (Å²) in [4.78, 5) is 24.2. The fourth-order valence-corrected chi connectivity index (χ4v) is 3.00. The lowest BCUT2D eigenvalue weighted by atomic mass is 9.98. The smallest absolute Gasteiger partial charge is 0.326 e. The van der Waals surface area contributed by atoms with Gasteiger partial charge in [-0.15, -0.1) is 0 Å². The number of aliphatic carboxylic acids is 1. The summed E-state index contributed by atoms with van der Waals surface area (Å²) >= 11 is 4.38. The van der Waals surface area contributed by atoms with Crippen LogP contribution in [0.5, 0.6) is 0 Å². The van der Waals surface area contributed by atoms with Gasteiger partial charge in [0.1, 0.15) is 6.04 Å². The molecule has 1 amide bonds. The SMILES string of the molecule is N[C@H]1CC(S)C2CC[C@@H](C(=O)O)N2C1=O. The molecule has 0 aromatic carbocycles. The van der Waals surface area contributed by atoms with Gasteiger partial charge in [-0.2, -0.15) is 12.6 Å². The van der Waals surface area contributed by atoms with E-state index in [1.54, 1.807) is 0 Å². The van der Waals surface area contributed by atoms with Crippen LogP contribution in [0.4, 0.5) is 0 Å². The Hall–Kier alpha value is -0.750. The average molecular weight is 230 g/mol. The van der Waals surface area contributed by atoms with Crippen molar-refractivity contribution in [3.05, 3.63) is 0 Å². The minimum atomic E-state index is -0.944.